The molecule has 9 nitrogen and oxygen atoms in total. The summed E-state index contributed by atoms with van der Waals surface area (Å²) >= 11 is 0. The van der Waals surface area contributed by atoms with Crippen LogP contribution in [0.3, 0.4) is 0 Å². The molecule has 1 aliphatic rings. The average Bonchev–Trinajstić information content (AvgIpc) is 3.19. The van der Waals surface area contributed by atoms with Gasteiger partial charge in [-0.25, -0.2) is 0 Å². The van der Waals surface area contributed by atoms with Crippen molar-refractivity contribution in [3.05, 3.63) is 18.2 Å². The molecule has 0 bridgehead atoms. The highest BCUT2D eigenvalue weighted by atomic mass is 16.5. The fourth-order valence-corrected chi connectivity index (χ4v) is 2.99. The molecule has 2 rings (SSSR count). The first-order valence-electron chi connectivity index (χ1n) is 9.30. The van der Waals surface area contributed by atoms with Crippen molar-refractivity contribution in [3.8, 4) is 11.5 Å². The lowest BCUT2D eigenvalue weighted by Gasteiger charge is -2.21. The van der Waals surface area contributed by atoms with Gasteiger partial charge in [-0.1, -0.05) is 0 Å². The first-order valence-corrected chi connectivity index (χ1v) is 9.30. The van der Waals surface area contributed by atoms with Gasteiger partial charge in [0.05, 0.1) is 27.4 Å². The predicted octanol–water partition coefficient (Wildman–Crippen LogP) is 0.210. The van der Waals surface area contributed by atoms with E-state index in [1.807, 2.05) is 18.2 Å². The molecule has 0 spiro atoms. The minimum atomic E-state index is -0.100. The third-order valence-electron chi connectivity index (χ3n) is 4.50. The van der Waals surface area contributed by atoms with Crippen molar-refractivity contribution in [2.24, 2.45) is 4.99 Å². The minimum Gasteiger partial charge on any atom is -0.497 e. The van der Waals surface area contributed by atoms with Crippen molar-refractivity contribution < 1.29 is 19.0 Å². The highest BCUT2D eigenvalue weighted by molar-refractivity contribution is 5.86. The number of methoxy groups -OCH3 is 3. The second kappa shape index (κ2) is 11.2. The van der Waals surface area contributed by atoms with Crippen LogP contribution >= 0.6 is 0 Å². The molecular weight excluding hydrogens is 362 g/mol. The number of carbonyl (C=O) groups is 1. The topological polar surface area (TPSA) is 96.5 Å². The van der Waals surface area contributed by atoms with Crippen molar-refractivity contribution in [1.82, 2.24) is 16.0 Å². The summed E-state index contributed by atoms with van der Waals surface area (Å²) in [6, 6.07) is 6.09. The minimum absolute atomic E-state index is 0.100. The molecule has 1 aromatic rings. The monoisotopic (exact) mass is 393 g/mol. The van der Waals surface area contributed by atoms with Crippen LogP contribution < -0.4 is 30.3 Å². The van der Waals surface area contributed by atoms with Gasteiger partial charge in [0.25, 0.3) is 0 Å². The van der Waals surface area contributed by atoms with Crippen LogP contribution in [0, 0.1) is 0 Å². The summed E-state index contributed by atoms with van der Waals surface area (Å²) in [6.07, 6.45) is 0.959. The zero-order valence-electron chi connectivity index (χ0n) is 17.1. The smallest absolute Gasteiger partial charge is 0.239 e. The van der Waals surface area contributed by atoms with E-state index in [9.17, 15) is 4.79 Å². The summed E-state index contributed by atoms with van der Waals surface area (Å²) in [4.78, 5) is 18.3. The molecule has 1 aromatic carbocycles. The lowest BCUT2D eigenvalue weighted by atomic mass is 10.2. The molecule has 1 heterocycles. The number of hydrogen-bond donors (Lipinski definition) is 3. The maximum Gasteiger partial charge on any atom is 0.239 e. The fraction of sp³-hybridized carbons (Fsp3) is 0.579. The van der Waals surface area contributed by atoms with E-state index < -0.39 is 0 Å². The maximum absolute atomic E-state index is 11.8. The van der Waals surface area contributed by atoms with Gasteiger partial charge in [-0.2, -0.15) is 0 Å². The maximum atomic E-state index is 11.8. The number of hydrogen-bond acceptors (Lipinski definition) is 6. The van der Waals surface area contributed by atoms with E-state index in [1.54, 1.807) is 28.4 Å². The Labute approximate surface area is 166 Å². The summed E-state index contributed by atoms with van der Waals surface area (Å²) in [6.45, 7) is 2.86. The molecule has 1 aliphatic heterocycles. The predicted molar refractivity (Wildman–Crippen MR) is 110 cm³/mol. The number of anilines is 1. The van der Waals surface area contributed by atoms with Gasteiger partial charge in [0.2, 0.25) is 5.91 Å². The highest BCUT2D eigenvalue weighted by Crippen LogP contribution is 2.30. The third kappa shape index (κ3) is 6.49. The Kier molecular flexibility index (Phi) is 8.67. The second-order valence-corrected chi connectivity index (χ2v) is 6.42. The molecule has 1 fully saturated rings. The average molecular weight is 393 g/mol. The Bertz CT molecular complexity index is 645. The Hall–Kier alpha value is -2.68. The summed E-state index contributed by atoms with van der Waals surface area (Å²) < 4.78 is 15.6. The van der Waals surface area contributed by atoms with E-state index in [2.05, 4.69) is 25.8 Å². The molecule has 1 unspecified atom stereocenters. The number of nitrogens with zero attached hydrogens (tertiary/aromatic N) is 2. The molecule has 28 heavy (non-hydrogen) atoms. The van der Waals surface area contributed by atoms with Gasteiger partial charge < -0.3 is 35.1 Å². The molecule has 1 saturated heterocycles. The van der Waals surface area contributed by atoms with Gasteiger partial charge in [-0.3, -0.25) is 9.79 Å². The van der Waals surface area contributed by atoms with Gasteiger partial charge in [0.1, 0.15) is 11.5 Å². The summed E-state index contributed by atoms with van der Waals surface area (Å²) in [5, 5.41) is 9.18. The number of amides is 1. The first-order chi connectivity index (χ1) is 13.6. The van der Waals surface area contributed by atoms with Crippen LogP contribution in [0.25, 0.3) is 0 Å². The zero-order valence-corrected chi connectivity index (χ0v) is 17.1. The first kappa shape index (κ1) is 21.6. The number of benzene rings is 1. The summed E-state index contributed by atoms with van der Waals surface area (Å²) in [5.74, 6) is 2.04. The molecular formula is C19H31N5O4. The van der Waals surface area contributed by atoms with E-state index in [0.29, 0.717) is 19.1 Å². The Balaban J connectivity index is 1.85. The van der Waals surface area contributed by atoms with Crippen LogP contribution in [-0.2, 0) is 9.53 Å². The van der Waals surface area contributed by atoms with Crippen LogP contribution in [0.15, 0.2) is 23.2 Å². The van der Waals surface area contributed by atoms with Crippen LogP contribution in [0.2, 0.25) is 0 Å². The number of guanidine groups is 1. The largest absolute Gasteiger partial charge is 0.497 e. The van der Waals surface area contributed by atoms with Crippen molar-refractivity contribution in [3.63, 3.8) is 0 Å². The van der Waals surface area contributed by atoms with Crippen molar-refractivity contribution in [1.29, 1.82) is 0 Å². The zero-order chi connectivity index (χ0) is 20.4. The molecule has 1 atom stereocenters. The van der Waals surface area contributed by atoms with Crippen LogP contribution in [-0.4, -0.2) is 79.1 Å². The molecule has 0 aromatic heterocycles. The van der Waals surface area contributed by atoms with Gasteiger partial charge in [-0.05, 0) is 6.42 Å². The van der Waals surface area contributed by atoms with E-state index in [4.69, 9.17) is 14.2 Å². The Morgan fingerprint density at radius 2 is 1.89 bits per heavy atom. The highest BCUT2D eigenvalue weighted by Gasteiger charge is 2.24. The van der Waals surface area contributed by atoms with E-state index in [1.165, 1.54) is 0 Å². The van der Waals surface area contributed by atoms with Gasteiger partial charge >= 0.3 is 0 Å². The molecule has 0 saturated carbocycles. The fourth-order valence-electron chi connectivity index (χ4n) is 2.99. The lowest BCUT2D eigenvalue weighted by molar-refractivity contribution is -0.120. The lowest BCUT2D eigenvalue weighted by Crippen LogP contribution is -2.47. The van der Waals surface area contributed by atoms with Crippen molar-refractivity contribution >= 4 is 17.6 Å². The van der Waals surface area contributed by atoms with Crippen molar-refractivity contribution in [2.45, 2.75) is 12.5 Å². The number of carbonyl (C=O) groups excluding carboxylic acids is 1. The van der Waals surface area contributed by atoms with Gasteiger partial charge in [-0.15, -0.1) is 0 Å². The Morgan fingerprint density at radius 3 is 2.50 bits per heavy atom. The van der Waals surface area contributed by atoms with Crippen LogP contribution in [0.1, 0.15) is 6.42 Å². The van der Waals surface area contributed by atoms with Gasteiger partial charge in [0.15, 0.2) is 5.96 Å². The van der Waals surface area contributed by atoms with Gasteiger partial charge in [0, 0.05) is 63.7 Å². The SMILES string of the molecule is CN=C(NCC(=O)NCCOC)NC1CCN(c2cc(OC)cc(OC)c2)C1. The number of rotatable bonds is 9. The summed E-state index contributed by atoms with van der Waals surface area (Å²) in [5.41, 5.74) is 1.06. The standard InChI is InChI=1S/C19H31N5O4/c1-20-19(22-12-18(25)21-6-8-26-2)23-14-5-7-24(13-14)15-9-16(27-3)11-17(10-15)28-4/h9-11,14H,5-8,12-13H2,1-4H3,(H,21,25)(H2,20,22,23). The molecule has 0 aliphatic carbocycles. The van der Waals surface area contributed by atoms with E-state index >= 15 is 0 Å². The molecule has 0 radical (unpaired) electrons. The second-order valence-electron chi connectivity index (χ2n) is 6.42. The van der Waals surface area contributed by atoms with E-state index in [0.717, 1.165) is 36.7 Å². The molecule has 3 N–H and O–H groups in total. The molecule has 9 heteroatoms. The molecule has 156 valence electrons. The number of aliphatic imine (C=N–C) groups is 1. The third-order valence-corrected chi connectivity index (χ3v) is 4.50. The normalized spacial score (nSPS) is 16.6. The molecule has 1 amide bonds. The Morgan fingerprint density at radius 1 is 1.18 bits per heavy atom. The van der Waals surface area contributed by atoms with Crippen LogP contribution in [0.5, 0.6) is 11.5 Å². The van der Waals surface area contributed by atoms with Crippen LogP contribution in [0.4, 0.5) is 5.69 Å². The quantitative estimate of drug-likeness (QED) is 0.314. The van der Waals surface area contributed by atoms with Crippen molar-refractivity contribution in [2.75, 3.05) is 66.1 Å². The number of ether oxygens (including phenoxy) is 3. The summed E-state index contributed by atoms with van der Waals surface area (Å²) in [7, 11) is 6.59. The van der Waals surface area contributed by atoms with E-state index in [-0.39, 0.29) is 18.5 Å². The number of nitrogens with one attached hydrogen (secondary N) is 3.